The molecule has 2 heterocycles. The van der Waals surface area contributed by atoms with Gasteiger partial charge < -0.3 is 15.2 Å². The van der Waals surface area contributed by atoms with E-state index >= 15 is 0 Å². The van der Waals surface area contributed by atoms with Gasteiger partial charge in [0.1, 0.15) is 5.69 Å². The van der Waals surface area contributed by atoms with Crippen LogP contribution in [0.4, 0.5) is 5.69 Å². The number of H-pyrrole nitrogens is 1. The van der Waals surface area contributed by atoms with Crippen LogP contribution in [0.5, 0.6) is 0 Å². The van der Waals surface area contributed by atoms with Crippen molar-refractivity contribution in [1.82, 2.24) is 15.2 Å². The van der Waals surface area contributed by atoms with Crippen molar-refractivity contribution in [3.8, 4) is 0 Å². The molecule has 1 aromatic heterocycles. The molecular formula is C12H18N4O3. The Hall–Kier alpha value is -1.89. The van der Waals surface area contributed by atoms with Gasteiger partial charge in [-0.25, -0.2) is 0 Å². The molecular weight excluding hydrogens is 248 g/mol. The quantitative estimate of drug-likeness (QED) is 0.628. The molecule has 0 radical (unpaired) electrons. The number of hydrogen-bond acceptors (Lipinski definition) is 4. The lowest BCUT2D eigenvalue weighted by atomic mass is 9.97. The number of nitrogens with one attached hydrogen (secondary N) is 2. The summed E-state index contributed by atoms with van der Waals surface area (Å²) in [5.41, 5.74) is 0.182. The zero-order valence-electron chi connectivity index (χ0n) is 10.9. The monoisotopic (exact) mass is 266 g/mol. The third-order valence-corrected chi connectivity index (χ3v) is 3.45. The van der Waals surface area contributed by atoms with Crippen LogP contribution in [0.2, 0.25) is 0 Å². The summed E-state index contributed by atoms with van der Waals surface area (Å²) < 4.78 is 0. The molecule has 7 nitrogen and oxygen atoms in total. The summed E-state index contributed by atoms with van der Waals surface area (Å²) in [4.78, 5) is 26.5. The lowest BCUT2D eigenvalue weighted by Gasteiger charge is -2.27. The van der Waals surface area contributed by atoms with Crippen molar-refractivity contribution in [2.24, 2.45) is 5.92 Å². The smallest absolute Gasteiger partial charge is 0.287 e. The predicted octanol–water partition coefficient (Wildman–Crippen LogP) is 0.994. The average molecular weight is 266 g/mol. The summed E-state index contributed by atoms with van der Waals surface area (Å²) in [6.45, 7) is 2.66. The molecule has 19 heavy (non-hydrogen) atoms. The summed E-state index contributed by atoms with van der Waals surface area (Å²) in [5.74, 6) is 0.298. The highest BCUT2D eigenvalue weighted by atomic mass is 16.6. The highest BCUT2D eigenvalue weighted by Gasteiger charge is 2.21. The van der Waals surface area contributed by atoms with E-state index in [1.165, 1.54) is 12.3 Å². The first-order valence-electron chi connectivity index (χ1n) is 6.37. The van der Waals surface area contributed by atoms with Crippen LogP contribution in [0.3, 0.4) is 0 Å². The molecule has 104 valence electrons. The largest absolute Gasteiger partial charge is 0.351 e. The van der Waals surface area contributed by atoms with E-state index in [-0.39, 0.29) is 17.3 Å². The Labute approximate surface area is 111 Å². The molecule has 1 aromatic rings. The Morgan fingerprint density at radius 3 is 2.79 bits per heavy atom. The Kier molecular flexibility index (Phi) is 4.16. The summed E-state index contributed by atoms with van der Waals surface area (Å²) in [7, 11) is 1.73. The zero-order valence-corrected chi connectivity index (χ0v) is 10.9. The van der Waals surface area contributed by atoms with Gasteiger partial charge in [-0.2, -0.15) is 0 Å². The summed E-state index contributed by atoms with van der Waals surface area (Å²) >= 11 is 0. The maximum Gasteiger partial charge on any atom is 0.287 e. The first-order valence-corrected chi connectivity index (χ1v) is 6.37. The highest BCUT2D eigenvalue weighted by molar-refractivity contribution is 5.93. The van der Waals surface area contributed by atoms with Crippen molar-refractivity contribution >= 4 is 11.6 Å². The molecule has 0 aliphatic carbocycles. The van der Waals surface area contributed by atoms with Crippen LogP contribution in [-0.4, -0.2) is 47.4 Å². The van der Waals surface area contributed by atoms with E-state index in [9.17, 15) is 14.9 Å². The minimum atomic E-state index is -0.514. The minimum absolute atomic E-state index is 0.0846. The van der Waals surface area contributed by atoms with Crippen LogP contribution in [0.1, 0.15) is 23.3 Å². The van der Waals surface area contributed by atoms with E-state index < -0.39 is 4.92 Å². The number of carbonyl (C=O) groups excluding carboxylic acids is 1. The molecule has 0 saturated carbocycles. The number of aromatic amines is 1. The second kappa shape index (κ2) is 5.83. The van der Waals surface area contributed by atoms with Crippen molar-refractivity contribution in [2.75, 3.05) is 26.7 Å². The van der Waals surface area contributed by atoms with Crippen LogP contribution in [-0.2, 0) is 0 Å². The summed E-state index contributed by atoms with van der Waals surface area (Å²) in [5, 5.41) is 13.9. The molecule has 7 heteroatoms. The van der Waals surface area contributed by atoms with Gasteiger partial charge in [-0.05, 0) is 31.8 Å². The van der Waals surface area contributed by atoms with Gasteiger partial charge in [-0.3, -0.25) is 14.9 Å². The fraction of sp³-hybridized carbons (Fsp3) is 0.583. The zero-order chi connectivity index (χ0) is 13.8. The van der Waals surface area contributed by atoms with Gasteiger partial charge in [-0.15, -0.1) is 0 Å². The van der Waals surface area contributed by atoms with Crippen molar-refractivity contribution in [3.63, 3.8) is 0 Å². The molecule has 1 aliphatic heterocycles. The SMILES string of the molecule is CN(CC1CCNCC1)C(=O)c1cc([N+](=O)[O-])c[nH]1. The number of carbonyl (C=O) groups is 1. The number of rotatable bonds is 4. The number of hydrogen-bond donors (Lipinski definition) is 2. The third kappa shape index (κ3) is 3.31. The average Bonchev–Trinajstić information content (AvgIpc) is 2.88. The summed E-state index contributed by atoms with van der Waals surface area (Å²) in [6, 6.07) is 1.28. The topological polar surface area (TPSA) is 91.3 Å². The standard InChI is InChI=1S/C12H18N4O3/c1-15(8-9-2-4-13-5-3-9)12(17)11-6-10(7-14-11)16(18)19/h6-7,9,13-14H,2-5,8H2,1H3. The van der Waals surface area contributed by atoms with Crippen molar-refractivity contribution in [3.05, 3.63) is 28.1 Å². The molecule has 0 spiro atoms. The molecule has 1 aliphatic rings. The predicted molar refractivity (Wildman–Crippen MR) is 70.0 cm³/mol. The number of nitro groups is 1. The maximum absolute atomic E-state index is 12.1. The first kappa shape index (κ1) is 13.5. The summed E-state index contributed by atoms with van der Waals surface area (Å²) in [6.07, 6.45) is 3.36. The molecule has 0 bridgehead atoms. The van der Waals surface area contributed by atoms with Gasteiger partial charge in [-0.1, -0.05) is 0 Å². The number of piperidine rings is 1. The second-order valence-corrected chi connectivity index (χ2v) is 4.91. The lowest BCUT2D eigenvalue weighted by molar-refractivity contribution is -0.384. The van der Waals surface area contributed by atoms with Gasteiger partial charge in [0.05, 0.1) is 11.1 Å². The van der Waals surface area contributed by atoms with Crippen LogP contribution in [0.15, 0.2) is 12.3 Å². The van der Waals surface area contributed by atoms with Crippen molar-refractivity contribution < 1.29 is 9.72 Å². The third-order valence-electron chi connectivity index (χ3n) is 3.45. The Bertz CT molecular complexity index is 465. The van der Waals surface area contributed by atoms with Crippen LogP contribution < -0.4 is 5.32 Å². The fourth-order valence-corrected chi connectivity index (χ4v) is 2.35. The Morgan fingerprint density at radius 1 is 1.53 bits per heavy atom. The van der Waals surface area contributed by atoms with Gasteiger partial charge in [0, 0.05) is 19.7 Å². The molecule has 1 fully saturated rings. The maximum atomic E-state index is 12.1. The fourth-order valence-electron chi connectivity index (χ4n) is 2.35. The number of amides is 1. The van der Waals surface area contributed by atoms with Crippen molar-refractivity contribution in [1.29, 1.82) is 0 Å². The first-order chi connectivity index (χ1) is 9.08. The molecule has 0 aromatic carbocycles. The van der Waals surface area contributed by atoms with Gasteiger partial charge >= 0.3 is 0 Å². The molecule has 0 unspecified atom stereocenters. The second-order valence-electron chi connectivity index (χ2n) is 4.91. The van der Waals surface area contributed by atoms with E-state index in [0.717, 1.165) is 25.9 Å². The van der Waals surface area contributed by atoms with Crippen LogP contribution in [0.25, 0.3) is 0 Å². The molecule has 2 rings (SSSR count). The molecule has 1 amide bonds. The minimum Gasteiger partial charge on any atom is -0.351 e. The number of nitrogens with zero attached hydrogens (tertiary/aromatic N) is 2. The van der Waals surface area contributed by atoms with E-state index in [4.69, 9.17) is 0 Å². The van der Waals surface area contributed by atoms with E-state index in [1.807, 2.05) is 0 Å². The Balaban J connectivity index is 1.95. The van der Waals surface area contributed by atoms with Gasteiger partial charge in [0.2, 0.25) is 0 Å². The van der Waals surface area contributed by atoms with Crippen LogP contribution >= 0.6 is 0 Å². The number of aromatic nitrogens is 1. The van der Waals surface area contributed by atoms with E-state index in [2.05, 4.69) is 10.3 Å². The lowest BCUT2D eigenvalue weighted by Crippen LogP contribution is -2.37. The van der Waals surface area contributed by atoms with E-state index in [0.29, 0.717) is 12.5 Å². The molecule has 0 atom stereocenters. The molecule has 1 saturated heterocycles. The van der Waals surface area contributed by atoms with Gasteiger partial charge in [0.15, 0.2) is 0 Å². The highest BCUT2D eigenvalue weighted by Crippen LogP contribution is 2.16. The normalized spacial score (nSPS) is 16.3. The van der Waals surface area contributed by atoms with Crippen LogP contribution in [0, 0.1) is 16.0 Å². The van der Waals surface area contributed by atoms with Gasteiger partial charge in [0.25, 0.3) is 11.6 Å². The van der Waals surface area contributed by atoms with Crippen molar-refractivity contribution in [2.45, 2.75) is 12.8 Å². The Morgan fingerprint density at radius 2 is 2.21 bits per heavy atom. The molecule has 2 N–H and O–H groups in total. The van der Waals surface area contributed by atoms with E-state index in [1.54, 1.807) is 11.9 Å².